The van der Waals surface area contributed by atoms with Crippen molar-refractivity contribution in [3.63, 3.8) is 0 Å². The van der Waals surface area contributed by atoms with Crippen LogP contribution in [0.2, 0.25) is 0 Å². The van der Waals surface area contributed by atoms with Crippen LogP contribution in [0, 0.1) is 71.0 Å². The average molecular weight is 725 g/mol. The molecule has 0 bridgehead atoms. The lowest BCUT2D eigenvalue weighted by Crippen LogP contribution is -2.54. The molecule has 0 aliphatic heterocycles. The fourth-order valence-electron chi connectivity index (χ4n) is 19.4. The summed E-state index contributed by atoms with van der Waals surface area (Å²) in [4.78, 5) is 6.75. The van der Waals surface area contributed by atoms with Gasteiger partial charge in [0.05, 0.1) is 0 Å². The smallest absolute Gasteiger partial charge is 0.0104 e. The summed E-state index contributed by atoms with van der Waals surface area (Å²) in [6.45, 7) is 0. The Bertz CT molecular complexity index is 1120. The lowest BCUT2D eigenvalue weighted by Gasteiger charge is -2.52. The maximum Gasteiger partial charge on any atom is 0.0104 e. The predicted molar refractivity (Wildman–Crippen MR) is 221 cm³/mol. The monoisotopic (exact) mass is 725 g/mol. The molecular formula is C51H84N2. The van der Waals surface area contributed by atoms with Gasteiger partial charge in [0.15, 0.2) is 0 Å². The first-order valence-electron chi connectivity index (χ1n) is 25.8. The van der Waals surface area contributed by atoms with Crippen molar-refractivity contribution in [2.24, 2.45) is 71.0 Å². The molecule has 0 heterocycles. The van der Waals surface area contributed by atoms with Gasteiger partial charge in [0.1, 0.15) is 0 Å². The molecule has 2 heteroatoms. The Morgan fingerprint density at radius 1 is 0.189 bits per heavy atom. The van der Waals surface area contributed by atoms with E-state index in [1.165, 1.54) is 64.2 Å². The van der Waals surface area contributed by atoms with Crippen LogP contribution in [0.3, 0.4) is 0 Å². The molecule has 11 aliphatic carbocycles. The van der Waals surface area contributed by atoms with Crippen LogP contribution in [0.5, 0.6) is 0 Å². The van der Waals surface area contributed by atoms with Crippen molar-refractivity contribution < 1.29 is 0 Å². The van der Waals surface area contributed by atoms with Crippen LogP contribution in [-0.2, 0) is 0 Å². The Morgan fingerprint density at radius 2 is 0.472 bits per heavy atom. The second-order valence-corrected chi connectivity index (χ2v) is 23.2. The lowest BCUT2D eigenvalue weighted by molar-refractivity contribution is -0.0220. The first-order chi connectivity index (χ1) is 26.2. The molecule has 2 nitrogen and oxygen atoms in total. The van der Waals surface area contributed by atoms with E-state index in [0.717, 1.165) is 107 Å². The van der Waals surface area contributed by atoms with Gasteiger partial charge < -0.3 is 0 Å². The molecule has 0 spiro atoms. The van der Waals surface area contributed by atoms with Gasteiger partial charge in [-0.15, -0.1) is 0 Å². The second kappa shape index (κ2) is 15.6. The highest BCUT2D eigenvalue weighted by Crippen LogP contribution is 2.60. The van der Waals surface area contributed by atoms with E-state index in [4.69, 9.17) is 0 Å². The molecule has 11 rings (SSSR count). The van der Waals surface area contributed by atoms with Crippen LogP contribution in [0.4, 0.5) is 0 Å². The van der Waals surface area contributed by atoms with Crippen molar-refractivity contribution in [2.45, 2.75) is 248 Å². The van der Waals surface area contributed by atoms with Crippen molar-refractivity contribution in [3.05, 3.63) is 0 Å². The molecule has 0 aromatic heterocycles. The van der Waals surface area contributed by atoms with Crippen LogP contribution >= 0.6 is 0 Å². The van der Waals surface area contributed by atoms with Gasteiger partial charge in [-0.1, -0.05) is 77.0 Å². The third-order valence-corrected chi connectivity index (χ3v) is 21.1. The summed E-state index contributed by atoms with van der Waals surface area (Å²) in [6.07, 6.45) is 51.8. The second-order valence-electron chi connectivity index (χ2n) is 23.2. The van der Waals surface area contributed by atoms with Crippen LogP contribution in [0.1, 0.15) is 212 Å². The largest absolute Gasteiger partial charge is 0.294 e. The summed E-state index contributed by atoms with van der Waals surface area (Å²) in [7, 11) is 0. The molecular weight excluding hydrogens is 641 g/mol. The van der Waals surface area contributed by atoms with Crippen LogP contribution < -0.4 is 0 Å². The molecule has 0 aromatic carbocycles. The number of fused-ring (bicyclic) bond motifs is 9. The molecule has 11 saturated carbocycles. The SMILES string of the molecule is C1CCC(N(C2CCC3C(CC4CCCCC43)C2)C2CCC3C(CC4CC(N(C5CCCCC5)C5CCC6C(CC7CCCCC76)C5)CCC43)C2)CC1. The third-order valence-electron chi connectivity index (χ3n) is 21.1. The zero-order valence-electron chi connectivity index (χ0n) is 34.6. The highest BCUT2D eigenvalue weighted by atomic mass is 15.2. The van der Waals surface area contributed by atoms with Crippen molar-refractivity contribution in [2.75, 3.05) is 0 Å². The Hall–Kier alpha value is -0.0800. The molecule has 11 aliphatic rings. The Balaban J connectivity index is 0.773. The first-order valence-corrected chi connectivity index (χ1v) is 25.8. The van der Waals surface area contributed by atoms with E-state index in [-0.39, 0.29) is 0 Å². The standard InChI is InChI=1S/C51H84N2/c1-3-13-40(14-4-1)52(42-19-23-48-36(30-42)27-34-11-7-9-17-46(34)48)44-21-25-50-38(32-44)29-39-33-45(22-26-51(39)50)53(41-15-5-2-6-16-41)43-20-24-49-37(31-43)28-35-12-8-10-18-47(35)49/h34-51H,1-33H2. The van der Waals surface area contributed by atoms with Crippen LogP contribution in [0.25, 0.3) is 0 Å². The molecule has 11 fully saturated rings. The minimum Gasteiger partial charge on any atom is -0.294 e. The summed E-state index contributed by atoms with van der Waals surface area (Å²) < 4.78 is 0. The van der Waals surface area contributed by atoms with Crippen LogP contribution in [-0.4, -0.2) is 46.1 Å². The van der Waals surface area contributed by atoms with Crippen molar-refractivity contribution in [1.82, 2.24) is 9.80 Å². The fourth-order valence-corrected chi connectivity index (χ4v) is 19.4. The first kappa shape index (κ1) is 36.0. The highest BCUT2D eigenvalue weighted by Gasteiger charge is 2.54. The van der Waals surface area contributed by atoms with Gasteiger partial charge in [0, 0.05) is 36.3 Å². The quantitative estimate of drug-likeness (QED) is 0.269. The Morgan fingerprint density at radius 3 is 0.830 bits per heavy atom. The van der Waals surface area contributed by atoms with Crippen molar-refractivity contribution in [3.8, 4) is 0 Å². The summed E-state index contributed by atoms with van der Waals surface area (Å²) in [5.41, 5.74) is 0. The topological polar surface area (TPSA) is 6.48 Å². The lowest BCUT2D eigenvalue weighted by atomic mass is 9.69. The summed E-state index contributed by atoms with van der Waals surface area (Å²) >= 11 is 0. The van der Waals surface area contributed by atoms with E-state index in [9.17, 15) is 0 Å². The van der Waals surface area contributed by atoms with E-state index in [1.807, 2.05) is 0 Å². The maximum atomic E-state index is 3.37. The average Bonchev–Trinajstić information content (AvgIpc) is 3.89. The third kappa shape index (κ3) is 6.80. The van der Waals surface area contributed by atoms with Crippen molar-refractivity contribution >= 4 is 0 Å². The molecule has 0 N–H and O–H groups in total. The number of rotatable bonds is 6. The molecule has 298 valence electrons. The van der Waals surface area contributed by atoms with Gasteiger partial charge in [-0.05, 0) is 206 Å². The zero-order chi connectivity index (χ0) is 34.9. The molecule has 0 amide bonds. The molecule has 0 aromatic rings. The highest BCUT2D eigenvalue weighted by molar-refractivity contribution is 5.06. The fraction of sp³-hybridized carbons (Fsp3) is 1.00. The summed E-state index contributed by atoms with van der Waals surface area (Å²) in [5.74, 6) is 13.3. The van der Waals surface area contributed by atoms with Gasteiger partial charge in [0.2, 0.25) is 0 Å². The van der Waals surface area contributed by atoms with Gasteiger partial charge in [-0.25, -0.2) is 0 Å². The van der Waals surface area contributed by atoms with E-state index < -0.39 is 0 Å². The van der Waals surface area contributed by atoms with Gasteiger partial charge in [-0.3, -0.25) is 9.80 Å². The number of hydrogen-bond acceptors (Lipinski definition) is 2. The van der Waals surface area contributed by atoms with Crippen molar-refractivity contribution in [1.29, 1.82) is 0 Å². The van der Waals surface area contributed by atoms with E-state index in [1.54, 1.807) is 148 Å². The molecule has 53 heavy (non-hydrogen) atoms. The minimum atomic E-state index is 0.935. The van der Waals surface area contributed by atoms with E-state index in [0.29, 0.717) is 0 Å². The van der Waals surface area contributed by atoms with E-state index >= 15 is 0 Å². The molecule has 16 atom stereocenters. The summed E-state index contributed by atoms with van der Waals surface area (Å²) in [6, 6.07) is 5.63. The molecule has 0 radical (unpaired) electrons. The van der Waals surface area contributed by atoms with E-state index in [2.05, 4.69) is 9.80 Å². The Kier molecular flexibility index (Phi) is 10.6. The predicted octanol–water partition coefficient (Wildman–Crippen LogP) is 13.2. The Labute approximate surface area is 327 Å². The maximum absolute atomic E-state index is 3.37. The normalized spacial score (nSPS) is 50.6. The summed E-state index contributed by atoms with van der Waals surface area (Å²) in [5, 5.41) is 0. The van der Waals surface area contributed by atoms with Gasteiger partial charge in [-0.2, -0.15) is 0 Å². The number of hydrogen-bond donors (Lipinski definition) is 0. The van der Waals surface area contributed by atoms with Gasteiger partial charge in [0.25, 0.3) is 0 Å². The molecule has 16 unspecified atom stereocenters. The minimum absolute atomic E-state index is 0.935. The zero-order valence-corrected chi connectivity index (χ0v) is 34.6. The number of nitrogens with zero attached hydrogens (tertiary/aromatic N) is 2. The van der Waals surface area contributed by atoms with Crippen LogP contribution in [0.15, 0.2) is 0 Å². The molecule has 0 saturated heterocycles. The van der Waals surface area contributed by atoms with Gasteiger partial charge >= 0.3 is 0 Å².